The number of ether oxygens (including phenoxy) is 4. The zero-order valence-corrected chi connectivity index (χ0v) is 54.4. The average molecular weight is 1210 g/mol. The fourth-order valence-corrected chi connectivity index (χ4v) is 11.0. The first-order valence-electron chi connectivity index (χ1n) is 33.1. The molecule has 82 heavy (non-hydrogen) atoms. The predicted octanol–water partition coefficient (Wildman–Crippen LogP) is 17.4. The molecule has 0 bridgehead atoms. The molecule has 3 N–H and O–H groups in total. The highest BCUT2D eigenvalue weighted by molar-refractivity contribution is 7.47. The third-order valence-electron chi connectivity index (χ3n) is 14.5. The van der Waals surface area contributed by atoms with Crippen molar-refractivity contribution in [3.63, 3.8) is 0 Å². The van der Waals surface area contributed by atoms with Crippen LogP contribution < -0.4 is 0 Å². The molecule has 486 valence electrons. The van der Waals surface area contributed by atoms with Crippen LogP contribution in [-0.2, 0) is 65.4 Å². The van der Waals surface area contributed by atoms with E-state index < -0.39 is 97.5 Å². The maximum atomic E-state index is 13.0. The van der Waals surface area contributed by atoms with E-state index in [1.165, 1.54) is 141 Å². The topological polar surface area (TPSA) is 237 Å². The van der Waals surface area contributed by atoms with Crippen molar-refractivity contribution in [1.82, 2.24) is 0 Å². The zero-order valence-electron chi connectivity index (χ0n) is 52.6. The highest BCUT2D eigenvalue weighted by Crippen LogP contribution is 2.45. The second kappa shape index (κ2) is 56.8. The minimum Gasteiger partial charge on any atom is -0.462 e. The second-order valence-electron chi connectivity index (χ2n) is 23.3. The number of aliphatic hydroxyl groups is 1. The van der Waals surface area contributed by atoms with E-state index in [1.807, 2.05) is 0 Å². The fourth-order valence-electron chi connectivity index (χ4n) is 9.41. The minimum atomic E-state index is -4.94. The molecule has 0 radical (unpaired) electrons. The summed E-state index contributed by atoms with van der Waals surface area (Å²) >= 11 is 0. The lowest BCUT2D eigenvalue weighted by Gasteiger charge is -2.21. The second-order valence-corrected chi connectivity index (χ2v) is 26.2. The first kappa shape index (κ1) is 80.1. The molecule has 0 rings (SSSR count). The summed E-state index contributed by atoms with van der Waals surface area (Å²) < 4.78 is 67.9. The largest absolute Gasteiger partial charge is 0.472 e. The Labute approximate surface area is 498 Å². The van der Waals surface area contributed by atoms with Gasteiger partial charge < -0.3 is 33.8 Å². The van der Waals surface area contributed by atoms with E-state index in [2.05, 4.69) is 34.6 Å². The van der Waals surface area contributed by atoms with Gasteiger partial charge in [-0.2, -0.15) is 0 Å². The molecule has 0 aromatic carbocycles. The summed E-state index contributed by atoms with van der Waals surface area (Å²) in [7, 11) is -9.88. The monoisotopic (exact) mass is 1210 g/mol. The molecule has 0 aromatic heterocycles. The van der Waals surface area contributed by atoms with Crippen LogP contribution in [0.25, 0.3) is 0 Å². The molecule has 0 aromatic rings. The van der Waals surface area contributed by atoms with E-state index in [-0.39, 0.29) is 25.7 Å². The highest BCUT2D eigenvalue weighted by atomic mass is 31.2. The average Bonchev–Trinajstić information content (AvgIpc) is 3.46. The van der Waals surface area contributed by atoms with Crippen LogP contribution in [0.1, 0.15) is 317 Å². The molecule has 5 atom stereocenters. The third-order valence-corrected chi connectivity index (χ3v) is 16.4. The Hall–Kier alpha value is -1.94. The molecule has 0 saturated carbocycles. The number of hydrogen-bond acceptors (Lipinski definition) is 15. The molecule has 0 amide bonds. The van der Waals surface area contributed by atoms with Gasteiger partial charge in [-0.05, 0) is 31.6 Å². The van der Waals surface area contributed by atoms with Gasteiger partial charge in [-0.1, -0.05) is 266 Å². The van der Waals surface area contributed by atoms with Crippen LogP contribution in [0, 0.1) is 5.92 Å². The van der Waals surface area contributed by atoms with Gasteiger partial charge in [0.1, 0.15) is 19.3 Å². The molecular weight excluding hydrogens is 1090 g/mol. The lowest BCUT2D eigenvalue weighted by Crippen LogP contribution is -2.30. The summed E-state index contributed by atoms with van der Waals surface area (Å²) in [6.07, 6.45) is 40.2. The van der Waals surface area contributed by atoms with E-state index in [1.54, 1.807) is 0 Å². The number of hydrogen-bond donors (Lipinski definition) is 3. The smallest absolute Gasteiger partial charge is 0.462 e. The van der Waals surface area contributed by atoms with Crippen molar-refractivity contribution in [1.29, 1.82) is 0 Å². The van der Waals surface area contributed by atoms with Gasteiger partial charge in [0.25, 0.3) is 0 Å². The summed E-state index contributed by atoms with van der Waals surface area (Å²) in [4.78, 5) is 72.1. The van der Waals surface area contributed by atoms with Crippen molar-refractivity contribution in [2.75, 3.05) is 39.6 Å². The van der Waals surface area contributed by atoms with E-state index in [0.29, 0.717) is 25.7 Å². The minimum absolute atomic E-state index is 0.105. The molecule has 0 spiro atoms. The fraction of sp³-hybridized carbons (Fsp3) is 0.937. The van der Waals surface area contributed by atoms with Gasteiger partial charge in [-0.15, -0.1) is 0 Å². The lowest BCUT2D eigenvalue weighted by molar-refractivity contribution is -0.161. The first-order valence-corrected chi connectivity index (χ1v) is 36.1. The van der Waals surface area contributed by atoms with Crippen LogP contribution in [0.2, 0.25) is 0 Å². The standard InChI is InChI=1S/C63H122O17P2/c1-6-9-12-15-18-21-24-27-32-37-42-47-61(66)74-53-59(80-63(68)49-44-39-34-29-28-30-35-40-45-56(4)5)55-78-82(71,72)76-51-57(64)50-75-81(69,70)77-54-58(79-62(67)48-43-38-33-26-23-20-17-14-11-8-3)52-73-60(65)46-41-36-31-25-22-19-16-13-10-7-2/h56-59,64H,6-55H2,1-5H3,(H,69,70)(H,71,72)/t57-,58+,59+/m0/s1. The van der Waals surface area contributed by atoms with Gasteiger partial charge in [0, 0.05) is 25.7 Å². The molecule has 2 unspecified atom stereocenters. The first-order chi connectivity index (χ1) is 39.5. The van der Waals surface area contributed by atoms with Crippen molar-refractivity contribution in [2.24, 2.45) is 5.92 Å². The number of esters is 4. The number of carbonyl (C=O) groups excluding carboxylic acids is 4. The van der Waals surface area contributed by atoms with Gasteiger partial charge >= 0.3 is 39.5 Å². The molecule has 0 saturated heterocycles. The highest BCUT2D eigenvalue weighted by Gasteiger charge is 2.30. The number of phosphoric ester groups is 2. The van der Waals surface area contributed by atoms with Crippen LogP contribution >= 0.6 is 15.6 Å². The molecule has 0 aliphatic rings. The van der Waals surface area contributed by atoms with Gasteiger partial charge in [0.2, 0.25) is 0 Å². The zero-order chi connectivity index (χ0) is 60.6. The van der Waals surface area contributed by atoms with E-state index in [4.69, 9.17) is 37.0 Å². The van der Waals surface area contributed by atoms with Crippen LogP contribution in [0.5, 0.6) is 0 Å². The SMILES string of the molecule is CCCCCCCCCCCCCC(=O)OC[C@H](COP(=O)(O)OC[C@@H](O)COP(=O)(O)OC[C@@H](COC(=O)CCCCCCCCCCCC)OC(=O)CCCCCCCCCCCC)OC(=O)CCCCCCCCCCC(C)C. The molecule has 0 fully saturated rings. The summed E-state index contributed by atoms with van der Waals surface area (Å²) in [6, 6.07) is 0. The maximum absolute atomic E-state index is 13.0. The molecule has 0 aliphatic carbocycles. The van der Waals surface area contributed by atoms with Gasteiger partial charge in [-0.3, -0.25) is 37.3 Å². The van der Waals surface area contributed by atoms with Crippen molar-refractivity contribution in [3.05, 3.63) is 0 Å². The Morgan fingerprint density at radius 3 is 0.829 bits per heavy atom. The van der Waals surface area contributed by atoms with Crippen LogP contribution in [0.15, 0.2) is 0 Å². The van der Waals surface area contributed by atoms with Crippen LogP contribution in [-0.4, -0.2) is 96.7 Å². The van der Waals surface area contributed by atoms with Crippen molar-refractivity contribution < 1.29 is 80.2 Å². The van der Waals surface area contributed by atoms with Crippen molar-refractivity contribution in [3.8, 4) is 0 Å². The van der Waals surface area contributed by atoms with Crippen molar-refractivity contribution in [2.45, 2.75) is 335 Å². The lowest BCUT2D eigenvalue weighted by atomic mass is 10.0. The maximum Gasteiger partial charge on any atom is 0.472 e. The van der Waals surface area contributed by atoms with Crippen molar-refractivity contribution >= 4 is 39.5 Å². The van der Waals surface area contributed by atoms with Crippen LogP contribution in [0.4, 0.5) is 0 Å². The molecule has 17 nitrogen and oxygen atoms in total. The third kappa shape index (κ3) is 57.2. The van der Waals surface area contributed by atoms with Gasteiger partial charge in [-0.25, -0.2) is 9.13 Å². The normalized spacial score (nSPS) is 14.3. The Morgan fingerprint density at radius 2 is 0.561 bits per heavy atom. The number of unbranched alkanes of at least 4 members (excludes halogenated alkanes) is 35. The Morgan fingerprint density at radius 1 is 0.329 bits per heavy atom. The Bertz CT molecular complexity index is 1600. The molecule has 0 aliphatic heterocycles. The summed E-state index contributed by atoms with van der Waals surface area (Å²) in [5, 5.41) is 10.5. The number of rotatable bonds is 63. The van der Waals surface area contributed by atoms with E-state index in [9.17, 15) is 43.2 Å². The van der Waals surface area contributed by atoms with Gasteiger partial charge in [0.15, 0.2) is 12.2 Å². The Balaban J connectivity index is 5.24. The summed E-state index contributed by atoms with van der Waals surface area (Å²) in [6.45, 7) is 7.13. The predicted molar refractivity (Wildman–Crippen MR) is 326 cm³/mol. The molecule has 0 heterocycles. The van der Waals surface area contributed by atoms with Gasteiger partial charge in [0.05, 0.1) is 26.4 Å². The van der Waals surface area contributed by atoms with E-state index in [0.717, 1.165) is 95.8 Å². The number of phosphoric acid groups is 2. The Kier molecular flexibility index (Phi) is 55.5. The molecular formula is C63H122O17P2. The van der Waals surface area contributed by atoms with Crippen LogP contribution in [0.3, 0.4) is 0 Å². The number of carbonyl (C=O) groups is 4. The molecule has 19 heteroatoms. The summed E-state index contributed by atoms with van der Waals surface area (Å²) in [5.74, 6) is -1.42. The van der Waals surface area contributed by atoms with E-state index >= 15 is 0 Å². The quantitative estimate of drug-likeness (QED) is 0.0222. The number of aliphatic hydroxyl groups excluding tert-OH is 1. The summed E-state index contributed by atoms with van der Waals surface area (Å²) in [5.41, 5.74) is 0.